The Kier molecular flexibility index (Phi) is 8.44. The first kappa shape index (κ1) is 28.0. The van der Waals surface area contributed by atoms with Crippen LogP contribution < -0.4 is 25.0 Å². The second-order valence-corrected chi connectivity index (χ2v) is 10.5. The molecule has 0 saturated carbocycles. The lowest BCUT2D eigenvalue weighted by Gasteiger charge is -2.34. The van der Waals surface area contributed by atoms with Crippen molar-refractivity contribution in [3.63, 3.8) is 0 Å². The quantitative estimate of drug-likeness (QED) is 0.409. The van der Waals surface area contributed by atoms with Crippen LogP contribution >= 0.6 is 11.6 Å². The van der Waals surface area contributed by atoms with Crippen LogP contribution in [0, 0.1) is 6.92 Å². The second kappa shape index (κ2) is 11.8. The van der Waals surface area contributed by atoms with E-state index in [4.69, 9.17) is 25.6 Å². The van der Waals surface area contributed by atoms with Gasteiger partial charge in [0.1, 0.15) is 25.0 Å². The lowest BCUT2D eigenvalue weighted by Crippen LogP contribution is -2.49. The van der Waals surface area contributed by atoms with E-state index in [1.54, 1.807) is 55.5 Å². The minimum atomic E-state index is -1.13. The zero-order valence-electron chi connectivity index (χ0n) is 22.2. The van der Waals surface area contributed by atoms with Crippen LogP contribution in [0.15, 0.2) is 53.1 Å². The monoisotopic (exact) mass is 554 g/mol. The van der Waals surface area contributed by atoms with Crippen LogP contribution in [0.4, 0.5) is 11.5 Å². The summed E-state index contributed by atoms with van der Waals surface area (Å²) in [7, 11) is 0. The summed E-state index contributed by atoms with van der Waals surface area (Å²) >= 11 is 6.56. The fourth-order valence-corrected chi connectivity index (χ4v) is 4.36. The summed E-state index contributed by atoms with van der Waals surface area (Å²) in [6.45, 7) is 8.01. The van der Waals surface area contributed by atoms with Crippen LogP contribution in [0.1, 0.15) is 51.0 Å². The van der Waals surface area contributed by atoms with E-state index in [0.717, 1.165) is 0 Å². The number of anilines is 2. The summed E-state index contributed by atoms with van der Waals surface area (Å²) in [6, 6.07) is 12.3. The van der Waals surface area contributed by atoms with Crippen LogP contribution in [0.3, 0.4) is 0 Å². The molecule has 0 unspecified atom stereocenters. The molecule has 1 atom stereocenters. The van der Waals surface area contributed by atoms with Crippen LogP contribution in [-0.4, -0.2) is 41.6 Å². The van der Waals surface area contributed by atoms with Gasteiger partial charge in [-0.25, -0.2) is 0 Å². The molecule has 3 amide bonds. The van der Waals surface area contributed by atoms with Crippen molar-refractivity contribution in [1.29, 1.82) is 0 Å². The van der Waals surface area contributed by atoms with Crippen molar-refractivity contribution < 1.29 is 28.4 Å². The highest BCUT2D eigenvalue weighted by atomic mass is 35.5. The van der Waals surface area contributed by atoms with Crippen molar-refractivity contribution in [2.45, 2.75) is 52.1 Å². The lowest BCUT2D eigenvalue weighted by molar-refractivity contribution is -0.128. The van der Waals surface area contributed by atoms with Gasteiger partial charge in [0.15, 0.2) is 17.3 Å². The average Bonchev–Trinajstić information content (AvgIpc) is 3.29. The van der Waals surface area contributed by atoms with E-state index in [0.29, 0.717) is 46.7 Å². The molecule has 0 bridgehead atoms. The molecular weight excluding hydrogens is 524 g/mol. The smallest absolute Gasteiger partial charge is 0.248 e. The summed E-state index contributed by atoms with van der Waals surface area (Å²) in [4.78, 5) is 41.6. The molecule has 206 valence electrons. The van der Waals surface area contributed by atoms with Crippen molar-refractivity contribution in [1.82, 2.24) is 10.5 Å². The highest BCUT2D eigenvalue weighted by Gasteiger charge is 2.36. The number of ether oxygens (including phenoxy) is 2. The lowest BCUT2D eigenvalue weighted by atomic mass is 10.00. The molecule has 39 heavy (non-hydrogen) atoms. The summed E-state index contributed by atoms with van der Waals surface area (Å²) in [5, 5.41) is 9.64. The minimum absolute atomic E-state index is 0.151. The number of rotatable bonds is 8. The van der Waals surface area contributed by atoms with Crippen LogP contribution in [-0.2, 0) is 14.4 Å². The third-order valence-corrected chi connectivity index (χ3v) is 6.08. The van der Waals surface area contributed by atoms with E-state index in [2.05, 4.69) is 15.8 Å². The van der Waals surface area contributed by atoms with Gasteiger partial charge >= 0.3 is 0 Å². The van der Waals surface area contributed by atoms with Gasteiger partial charge in [-0.1, -0.05) is 35.0 Å². The van der Waals surface area contributed by atoms with Crippen molar-refractivity contribution in [2.75, 3.05) is 23.4 Å². The molecule has 0 saturated heterocycles. The van der Waals surface area contributed by atoms with E-state index in [1.165, 1.54) is 4.90 Å². The molecule has 0 aliphatic carbocycles. The van der Waals surface area contributed by atoms with Gasteiger partial charge in [0, 0.05) is 46.8 Å². The topological polar surface area (TPSA) is 123 Å². The Morgan fingerprint density at radius 2 is 1.74 bits per heavy atom. The van der Waals surface area contributed by atoms with Crippen molar-refractivity contribution in [3.8, 4) is 11.5 Å². The van der Waals surface area contributed by atoms with E-state index >= 15 is 0 Å². The first-order valence-corrected chi connectivity index (χ1v) is 12.9. The molecule has 1 aliphatic rings. The number of aromatic nitrogens is 1. The number of carbonyl (C=O) groups excluding carboxylic acids is 3. The first-order valence-electron chi connectivity index (χ1n) is 12.5. The molecule has 0 fully saturated rings. The van der Waals surface area contributed by atoms with E-state index in [1.807, 2.05) is 20.8 Å². The molecule has 2 N–H and O–H groups in total. The maximum atomic E-state index is 13.9. The Morgan fingerprint density at radius 3 is 2.41 bits per heavy atom. The number of aryl methyl sites for hydroxylation is 1. The second-order valence-electron chi connectivity index (χ2n) is 10.1. The number of carbonyl (C=O) groups is 3. The molecule has 0 spiro atoms. The summed E-state index contributed by atoms with van der Waals surface area (Å²) in [5.74, 6) is 0.462. The number of hydrogen-bond acceptors (Lipinski definition) is 7. The van der Waals surface area contributed by atoms with Crippen LogP contribution in [0.25, 0.3) is 0 Å². The maximum absolute atomic E-state index is 13.9. The molecule has 2 heterocycles. The summed E-state index contributed by atoms with van der Waals surface area (Å²) in [5.41, 5.74) is 0.241. The third kappa shape index (κ3) is 7.08. The van der Waals surface area contributed by atoms with Crippen molar-refractivity contribution in [2.24, 2.45) is 0 Å². The van der Waals surface area contributed by atoms with E-state index < -0.39 is 29.3 Å². The minimum Gasteiger partial charge on any atom is -0.486 e. The number of benzene rings is 2. The number of nitrogens with one attached hydrogen (secondary N) is 2. The van der Waals surface area contributed by atoms with Gasteiger partial charge in [-0.05, 0) is 45.9 Å². The van der Waals surface area contributed by atoms with Gasteiger partial charge in [0.25, 0.3) is 0 Å². The standard InChI is InChI=1S/C28H31ClN4O6/c1-17-15-23(32-39-17)30-24(34)11-12-25(35)33(18-9-10-21-22(16-18)38-14-13-37-21)26(27(36)31-28(2,3)4)19-7-5-6-8-20(19)29/h5-10,15-16,26H,11-14H2,1-4H3,(H,31,36)(H,30,32,34)/t26-/m1/s1. The number of nitrogens with zero attached hydrogens (tertiary/aromatic N) is 2. The van der Waals surface area contributed by atoms with Gasteiger partial charge in [0.2, 0.25) is 17.7 Å². The first-order chi connectivity index (χ1) is 18.5. The number of hydrogen-bond donors (Lipinski definition) is 2. The molecule has 3 aromatic rings. The third-order valence-electron chi connectivity index (χ3n) is 5.74. The fraction of sp³-hybridized carbons (Fsp3) is 0.357. The van der Waals surface area contributed by atoms with Gasteiger partial charge in [-0.15, -0.1) is 0 Å². The number of fused-ring (bicyclic) bond motifs is 1. The normalized spacial score (nSPS) is 13.4. The molecular formula is C28H31ClN4O6. The van der Waals surface area contributed by atoms with Crippen molar-refractivity contribution >= 4 is 40.8 Å². The van der Waals surface area contributed by atoms with Crippen LogP contribution in [0.5, 0.6) is 11.5 Å². The molecule has 2 aromatic carbocycles. The highest BCUT2D eigenvalue weighted by Crippen LogP contribution is 2.39. The molecule has 11 heteroatoms. The molecule has 10 nitrogen and oxygen atoms in total. The largest absolute Gasteiger partial charge is 0.486 e. The van der Waals surface area contributed by atoms with Crippen LogP contribution in [0.2, 0.25) is 5.02 Å². The Hall–Kier alpha value is -4.05. The van der Waals surface area contributed by atoms with Crippen molar-refractivity contribution in [3.05, 3.63) is 64.9 Å². The average molecular weight is 555 g/mol. The highest BCUT2D eigenvalue weighted by molar-refractivity contribution is 6.31. The predicted molar refractivity (Wildman–Crippen MR) is 146 cm³/mol. The Bertz CT molecular complexity index is 1370. The van der Waals surface area contributed by atoms with E-state index in [9.17, 15) is 14.4 Å². The maximum Gasteiger partial charge on any atom is 0.248 e. The van der Waals surface area contributed by atoms with Gasteiger partial charge in [-0.2, -0.15) is 0 Å². The Balaban J connectivity index is 1.71. The molecule has 0 radical (unpaired) electrons. The summed E-state index contributed by atoms with van der Waals surface area (Å²) in [6.07, 6.45) is -0.344. The van der Waals surface area contributed by atoms with E-state index in [-0.39, 0.29) is 18.7 Å². The zero-order chi connectivity index (χ0) is 28.2. The fourth-order valence-electron chi connectivity index (χ4n) is 4.12. The van der Waals surface area contributed by atoms with Gasteiger partial charge in [-0.3, -0.25) is 19.3 Å². The van der Waals surface area contributed by atoms with Gasteiger partial charge < -0.3 is 24.6 Å². The number of halogens is 1. The molecule has 1 aromatic heterocycles. The zero-order valence-corrected chi connectivity index (χ0v) is 23.0. The van der Waals surface area contributed by atoms with Gasteiger partial charge in [0.05, 0.1) is 0 Å². The Labute approximate surface area is 231 Å². The Morgan fingerprint density at radius 1 is 1.03 bits per heavy atom. The predicted octanol–water partition coefficient (Wildman–Crippen LogP) is 4.82. The summed E-state index contributed by atoms with van der Waals surface area (Å²) < 4.78 is 16.4. The number of amides is 3. The molecule has 1 aliphatic heterocycles. The SMILES string of the molecule is Cc1cc(NC(=O)CCC(=O)N(c2ccc3c(c2)OCCO3)[C@@H](C(=O)NC(C)(C)C)c2ccccc2Cl)no1. The molecule has 4 rings (SSSR count).